The standard InChI is InChI=1S/C12H14FNO.ClH/c13-11-5-3-9(4-6-11)12(15)10-2-1-7-14-8-10;/h3-6,10,14H,1-2,7-8H2;1H. The number of nitrogens with one attached hydrogen (secondary N) is 1. The van der Waals surface area contributed by atoms with Gasteiger partial charge < -0.3 is 5.32 Å². The molecule has 2 rings (SSSR count). The second-order valence-corrected chi connectivity index (χ2v) is 3.91. The first-order valence-corrected chi connectivity index (χ1v) is 5.28. The molecule has 2 nitrogen and oxygen atoms in total. The van der Waals surface area contributed by atoms with Gasteiger partial charge in [0.05, 0.1) is 0 Å². The summed E-state index contributed by atoms with van der Waals surface area (Å²) < 4.78 is 12.7. The second kappa shape index (κ2) is 5.97. The number of Topliss-reactive ketones (excluding diaryl/α,β-unsaturated/α-hetero) is 1. The van der Waals surface area contributed by atoms with Crippen LogP contribution in [-0.2, 0) is 0 Å². The van der Waals surface area contributed by atoms with Crippen molar-refractivity contribution in [2.45, 2.75) is 12.8 Å². The van der Waals surface area contributed by atoms with Crippen LogP contribution >= 0.6 is 12.4 Å². The third kappa shape index (κ3) is 3.03. The van der Waals surface area contributed by atoms with Gasteiger partial charge >= 0.3 is 0 Å². The summed E-state index contributed by atoms with van der Waals surface area (Å²) in [6, 6.07) is 5.80. The van der Waals surface area contributed by atoms with Crippen LogP contribution in [0.2, 0.25) is 0 Å². The molecule has 0 aliphatic carbocycles. The van der Waals surface area contributed by atoms with Crippen molar-refractivity contribution in [3.63, 3.8) is 0 Å². The topological polar surface area (TPSA) is 29.1 Å². The zero-order chi connectivity index (χ0) is 10.7. The lowest BCUT2D eigenvalue weighted by atomic mass is 9.91. The summed E-state index contributed by atoms with van der Waals surface area (Å²) in [6.07, 6.45) is 1.97. The van der Waals surface area contributed by atoms with Gasteiger partial charge in [0.1, 0.15) is 5.82 Å². The van der Waals surface area contributed by atoms with E-state index >= 15 is 0 Å². The normalized spacial score (nSPS) is 19.9. The number of halogens is 2. The molecule has 1 aliphatic heterocycles. The molecule has 0 aromatic heterocycles. The molecule has 1 saturated heterocycles. The highest BCUT2D eigenvalue weighted by Gasteiger charge is 2.21. The van der Waals surface area contributed by atoms with Crippen molar-refractivity contribution in [2.24, 2.45) is 5.92 Å². The maximum absolute atomic E-state index is 12.7. The van der Waals surface area contributed by atoms with Crippen LogP contribution in [0.1, 0.15) is 23.2 Å². The Labute approximate surface area is 101 Å². The molecule has 0 spiro atoms. The summed E-state index contributed by atoms with van der Waals surface area (Å²) in [5.74, 6) is -0.111. The third-order valence-corrected chi connectivity index (χ3v) is 2.80. The zero-order valence-electron chi connectivity index (χ0n) is 8.91. The van der Waals surface area contributed by atoms with Crippen LogP contribution in [0.3, 0.4) is 0 Å². The van der Waals surface area contributed by atoms with E-state index in [1.165, 1.54) is 12.1 Å². The number of benzene rings is 1. The molecule has 0 amide bonds. The van der Waals surface area contributed by atoms with Gasteiger partial charge in [-0.15, -0.1) is 12.4 Å². The van der Waals surface area contributed by atoms with Crippen molar-refractivity contribution in [3.05, 3.63) is 35.6 Å². The largest absolute Gasteiger partial charge is 0.316 e. The van der Waals surface area contributed by atoms with Gasteiger partial charge in [-0.3, -0.25) is 4.79 Å². The number of ketones is 1. The van der Waals surface area contributed by atoms with Gasteiger partial charge in [0.15, 0.2) is 5.78 Å². The molecule has 1 aromatic carbocycles. The zero-order valence-corrected chi connectivity index (χ0v) is 9.73. The number of carbonyl (C=O) groups is 1. The van der Waals surface area contributed by atoms with Gasteiger partial charge in [-0.2, -0.15) is 0 Å². The Morgan fingerprint density at radius 3 is 2.56 bits per heavy atom. The van der Waals surface area contributed by atoms with Crippen LogP contribution in [0.5, 0.6) is 0 Å². The Kier molecular flexibility index (Phi) is 4.90. The second-order valence-electron chi connectivity index (χ2n) is 3.91. The maximum Gasteiger partial charge on any atom is 0.167 e. The van der Waals surface area contributed by atoms with E-state index in [1.54, 1.807) is 12.1 Å². The van der Waals surface area contributed by atoms with Crippen LogP contribution in [0, 0.1) is 11.7 Å². The number of carbonyl (C=O) groups excluding carboxylic acids is 1. The van der Waals surface area contributed by atoms with E-state index in [0.29, 0.717) is 5.56 Å². The summed E-state index contributed by atoms with van der Waals surface area (Å²) in [5, 5.41) is 3.20. The van der Waals surface area contributed by atoms with E-state index in [2.05, 4.69) is 5.32 Å². The SMILES string of the molecule is Cl.O=C(c1ccc(F)cc1)C1CCCNC1. The minimum Gasteiger partial charge on any atom is -0.316 e. The van der Waals surface area contributed by atoms with E-state index in [4.69, 9.17) is 0 Å². The summed E-state index contributed by atoms with van der Waals surface area (Å²) in [4.78, 5) is 11.9. The molecular formula is C12H15ClFNO. The fourth-order valence-corrected chi connectivity index (χ4v) is 1.93. The van der Waals surface area contributed by atoms with E-state index in [1.807, 2.05) is 0 Å². The van der Waals surface area contributed by atoms with Crippen LogP contribution < -0.4 is 5.32 Å². The Bertz CT molecular complexity index is 347. The molecule has 4 heteroatoms. The number of hydrogen-bond acceptors (Lipinski definition) is 2. The predicted octanol–water partition coefficient (Wildman–Crippen LogP) is 2.43. The number of hydrogen-bond donors (Lipinski definition) is 1. The Morgan fingerprint density at radius 2 is 2.00 bits per heavy atom. The van der Waals surface area contributed by atoms with Crippen molar-refractivity contribution in [1.82, 2.24) is 5.32 Å². The fraction of sp³-hybridized carbons (Fsp3) is 0.417. The Balaban J connectivity index is 0.00000128. The molecule has 0 saturated carbocycles. The van der Waals surface area contributed by atoms with E-state index < -0.39 is 0 Å². The highest BCUT2D eigenvalue weighted by molar-refractivity contribution is 5.98. The van der Waals surface area contributed by atoms with Crippen LogP contribution in [0.25, 0.3) is 0 Å². The lowest BCUT2D eigenvalue weighted by Gasteiger charge is -2.21. The van der Waals surface area contributed by atoms with Gasteiger partial charge in [-0.25, -0.2) is 4.39 Å². The molecule has 88 valence electrons. The van der Waals surface area contributed by atoms with Crippen molar-refractivity contribution in [3.8, 4) is 0 Å². The maximum atomic E-state index is 12.7. The van der Waals surface area contributed by atoms with Gasteiger partial charge in [0.2, 0.25) is 0 Å². The molecular weight excluding hydrogens is 229 g/mol. The molecule has 1 N–H and O–H groups in total. The molecule has 1 atom stereocenters. The Morgan fingerprint density at radius 1 is 1.31 bits per heavy atom. The minimum absolute atomic E-state index is 0. The van der Waals surface area contributed by atoms with Crippen molar-refractivity contribution in [2.75, 3.05) is 13.1 Å². The third-order valence-electron chi connectivity index (χ3n) is 2.80. The lowest BCUT2D eigenvalue weighted by molar-refractivity contribution is 0.0899. The van der Waals surface area contributed by atoms with E-state index in [0.717, 1.165) is 25.9 Å². The first-order chi connectivity index (χ1) is 7.27. The van der Waals surface area contributed by atoms with Gasteiger partial charge in [0, 0.05) is 18.0 Å². The summed E-state index contributed by atoms with van der Waals surface area (Å²) >= 11 is 0. The van der Waals surface area contributed by atoms with Gasteiger partial charge in [-0.05, 0) is 43.7 Å². The van der Waals surface area contributed by atoms with E-state index in [-0.39, 0.29) is 29.9 Å². The van der Waals surface area contributed by atoms with Crippen LogP contribution in [0.15, 0.2) is 24.3 Å². The van der Waals surface area contributed by atoms with Crippen molar-refractivity contribution in [1.29, 1.82) is 0 Å². The molecule has 16 heavy (non-hydrogen) atoms. The Hall–Kier alpha value is -0.930. The quantitative estimate of drug-likeness (QED) is 0.809. The molecule has 0 radical (unpaired) electrons. The molecule has 1 heterocycles. The number of piperidine rings is 1. The monoisotopic (exact) mass is 243 g/mol. The first-order valence-electron chi connectivity index (χ1n) is 5.28. The number of rotatable bonds is 2. The predicted molar refractivity (Wildman–Crippen MR) is 63.6 cm³/mol. The first kappa shape index (κ1) is 13.1. The molecule has 1 aromatic rings. The summed E-state index contributed by atoms with van der Waals surface area (Å²) in [7, 11) is 0. The summed E-state index contributed by atoms with van der Waals surface area (Å²) in [6.45, 7) is 1.74. The van der Waals surface area contributed by atoms with Gasteiger partial charge in [-0.1, -0.05) is 0 Å². The average molecular weight is 244 g/mol. The summed E-state index contributed by atoms with van der Waals surface area (Å²) in [5.41, 5.74) is 0.616. The smallest absolute Gasteiger partial charge is 0.167 e. The lowest BCUT2D eigenvalue weighted by Crippen LogP contribution is -2.34. The van der Waals surface area contributed by atoms with Crippen molar-refractivity contribution < 1.29 is 9.18 Å². The van der Waals surface area contributed by atoms with Crippen LogP contribution in [0.4, 0.5) is 4.39 Å². The molecule has 0 bridgehead atoms. The van der Waals surface area contributed by atoms with Crippen molar-refractivity contribution >= 4 is 18.2 Å². The van der Waals surface area contributed by atoms with Gasteiger partial charge in [0.25, 0.3) is 0 Å². The molecule has 1 unspecified atom stereocenters. The highest BCUT2D eigenvalue weighted by atomic mass is 35.5. The minimum atomic E-state index is -0.298. The molecule has 1 fully saturated rings. The molecule has 1 aliphatic rings. The van der Waals surface area contributed by atoms with E-state index in [9.17, 15) is 9.18 Å². The highest BCUT2D eigenvalue weighted by Crippen LogP contribution is 2.16. The fourth-order valence-electron chi connectivity index (χ4n) is 1.93. The van der Waals surface area contributed by atoms with Crippen LogP contribution in [-0.4, -0.2) is 18.9 Å². The average Bonchev–Trinajstić information content (AvgIpc) is 2.30.